The summed E-state index contributed by atoms with van der Waals surface area (Å²) in [4.78, 5) is 30.1. The second kappa shape index (κ2) is 7.17. The second-order valence-electron chi connectivity index (χ2n) is 6.78. The SMILES string of the molecule is O=C(C1CCN(c2ncccn2)CC1)N1CCC[C@@H]1c1ccncc1. The Morgan fingerprint density at radius 3 is 2.40 bits per heavy atom. The monoisotopic (exact) mass is 337 g/mol. The summed E-state index contributed by atoms with van der Waals surface area (Å²) >= 11 is 0. The van der Waals surface area contributed by atoms with Crippen LogP contribution in [-0.2, 0) is 4.79 Å². The Labute approximate surface area is 147 Å². The van der Waals surface area contributed by atoms with Crippen molar-refractivity contribution in [3.63, 3.8) is 0 Å². The van der Waals surface area contributed by atoms with Crippen molar-refractivity contribution < 1.29 is 4.79 Å². The van der Waals surface area contributed by atoms with Crippen molar-refractivity contribution in [1.82, 2.24) is 19.9 Å². The van der Waals surface area contributed by atoms with E-state index in [-0.39, 0.29) is 12.0 Å². The minimum absolute atomic E-state index is 0.113. The number of rotatable bonds is 3. The zero-order valence-electron chi connectivity index (χ0n) is 14.3. The van der Waals surface area contributed by atoms with Crippen molar-refractivity contribution in [2.45, 2.75) is 31.7 Å². The van der Waals surface area contributed by atoms with E-state index in [1.165, 1.54) is 5.56 Å². The summed E-state index contributed by atoms with van der Waals surface area (Å²) in [6.45, 7) is 2.55. The van der Waals surface area contributed by atoms with Gasteiger partial charge in [-0.05, 0) is 49.4 Å². The van der Waals surface area contributed by atoms with Crippen LogP contribution in [0.1, 0.15) is 37.3 Å². The number of carbonyl (C=O) groups excluding carboxylic acids is 1. The first-order chi connectivity index (χ1) is 12.3. The smallest absolute Gasteiger partial charge is 0.226 e. The number of hydrogen-bond donors (Lipinski definition) is 0. The van der Waals surface area contributed by atoms with Crippen LogP contribution in [0.15, 0.2) is 43.0 Å². The van der Waals surface area contributed by atoms with Crippen molar-refractivity contribution in [2.75, 3.05) is 24.5 Å². The minimum Gasteiger partial charge on any atom is -0.341 e. The van der Waals surface area contributed by atoms with Gasteiger partial charge in [0.1, 0.15) is 0 Å². The molecule has 2 aliphatic heterocycles. The third kappa shape index (κ3) is 3.34. The molecule has 0 saturated carbocycles. The van der Waals surface area contributed by atoms with E-state index in [4.69, 9.17) is 0 Å². The molecule has 25 heavy (non-hydrogen) atoms. The fourth-order valence-electron chi connectivity index (χ4n) is 3.98. The van der Waals surface area contributed by atoms with Crippen LogP contribution < -0.4 is 4.90 Å². The van der Waals surface area contributed by atoms with E-state index in [0.29, 0.717) is 5.91 Å². The van der Waals surface area contributed by atoms with Crippen LogP contribution in [0.4, 0.5) is 5.95 Å². The molecule has 2 saturated heterocycles. The maximum absolute atomic E-state index is 13.1. The number of likely N-dealkylation sites (tertiary alicyclic amines) is 1. The molecule has 6 heteroatoms. The van der Waals surface area contributed by atoms with Gasteiger partial charge in [0, 0.05) is 50.3 Å². The average molecular weight is 337 g/mol. The fraction of sp³-hybridized carbons (Fsp3) is 0.474. The molecule has 0 unspecified atom stereocenters. The number of piperidine rings is 1. The minimum atomic E-state index is 0.113. The van der Waals surface area contributed by atoms with Gasteiger partial charge in [0.15, 0.2) is 0 Å². The van der Waals surface area contributed by atoms with Crippen molar-refractivity contribution >= 4 is 11.9 Å². The fourth-order valence-corrected chi connectivity index (χ4v) is 3.98. The number of hydrogen-bond acceptors (Lipinski definition) is 5. The number of carbonyl (C=O) groups is 1. The van der Waals surface area contributed by atoms with E-state index in [1.54, 1.807) is 12.4 Å². The molecule has 0 radical (unpaired) electrons. The summed E-state index contributed by atoms with van der Waals surface area (Å²) in [5.41, 5.74) is 1.20. The lowest BCUT2D eigenvalue weighted by molar-refractivity contribution is -0.137. The molecule has 2 aromatic rings. The zero-order chi connectivity index (χ0) is 17.1. The summed E-state index contributed by atoms with van der Waals surface area (Å²) in [6, 6.07) is 6.11. The number of amides is 1. The standard InChI is InChI=1S/C19H23N5O/c25-18(24-12-1-3-17(24)15-4-10-20-11-5-15)16-6-13-23(14-7-16)19-21-8-2-9-22-19/h2,4-5,8-11,16-17H,1,3,6-7,12-14H2/t17-/m1/s1. The first-order valence-electron chi connectivity index (χ1n) is 9.05. The summed E-state index contributed by atoms with van der Waals surface area (Å²) in [5.74, 6) is 1.19. The molecular formula is C19H23N5O. The third-order valence-corrected chi connectivity index (χ3v) is 5.31. The first-order valence-corrected chi connectivity index (χ1v) is 9.05. The number of anilines is 1. The predicted octanol–water partition coefficient (Wildman–Crippen LogP) is 2.45. The number of aromatic nitrogens is 3. The molecule has 2 aliphatic rings. The van der Waals surface area contributed by atoms with Crippen LogP contribution in [0.3, 0.4) is 0 Å². The quantitative estimate of drug-likeness (QED) is 0.861. The molecule has 0 aliphatic carbocycles. The predicted molar refractivity (Wildman–Crippen MR) is 94.9 cm³/mol. The van der Waals surface area contributed by atoms with E-state index in [1.807, 2.05) is 30.6 Å². The van der Waals surface area contributed by atoms with E-state index in [2.05, 4.69) is 24.8 Å². The van der Waals surface area contributed by atoms with E-state index >= 15 is 0 Å². The molecule has 0 aromatic carbocycles. The van der Waals surface area contributed by atoms with Gasteiger partial charge in [-0.25, -0.2) is 9.97 Å². The summed E-state index contributed by atoms with van der Waals surface area (Å²) < 4.78 is 0. The third-order valence-electron chi connectivity index (χ3n) is 5.31. The summed E-state index contributed by atoms with van der Waals surface area (Å²) in [5, 5.41) is 0. The topological polar surface area (TPSA) is 62.2 Å². The van der Waals surface area contributed by atoms with E-state index in [9.17, 15) is 4.79 Å². The van der Waals surface area contributed by atoms with Crippen molar-refractivity contribution in [1.29, 1.82) is 0 Å². The Morgan fingerprint density at radius 2 is 1.68 bits per heavy atom. The Balaban J connectivity index is 1.40. The van der Waals surface area contributed by atoms with Gasteiger partial charge in [-0.3, -0.25) is 9.78 Å². The van der Waals surface area contributed by atoms with Gasteiger partial charge >= 0.3 is 0 Å². The zero-order valence-corrected chi connectivity index (χ0v) is 14.3. The molecule has 130 valence electrons. The summed E-state index contributed by atoms with van der Waals surface area (Å²) in [6.07, 6.45) is 11.0. The average Bonchev–Trinajstić information content (AvgIpc) is 3.19. The largest absolute Gasteiger partial charge is 0.341 e. The lowest BCUT2D eigenvalue weighted by atomic mass is 9.94. The van der Waals surface area contributed by atoms with Gasteiger partial charge in [0.05, 0.1) is 6.04 Å². The first kappa shape index (κ1) is 16.0. The Hall–Kier alpha value is -2.50. The van der Waals surface area contributed by atoms with Gasteiger partial charge in [0.25, 0.3) is 0 Å². The van der Waals surface area contributed by atoms with Crippen molar-refractivity contribution in [3.8, 4) is 0 Å². The molecule has 4 heterocycles. The van der Waals surface area contributed by atoms with Gasteiger partial charge in [-0.15, -0.1) is 0 Å². The van der Waals surface area contributed by atoms with Crippen LogP contribution >= 0.6 is 0 Å². The molecule has 6 nitrogen and oxygen atoms in total. The van der Waals surface area contributed by atoms with Gasteiger partial charge in [0.2, 0.25) is 11.9 Å². The van der Waals surface area contributed by atoms with Crippen molar-refractivity contribution in [2.24, 2.45) is 5.92 Å². The van der Waals surface area contributed by atoms with Crippen LogP contribution in [-0.4, -0.2) is 45.4 Å². The van der Waals surface area contributed by atoms with Crippen LogP contribution in [0.25, 0.3) is 0 Å². The number of pyridine rings is 1. The molecule has 1 amide bonds. The van der Waals surface area contributed by atoms with Crippen LogP contribution in [0.5, 0.6) is 0 Å². The molecule has 1 atom stereocenters. The molecule has 0 spiro atoms. The highest BCUT2D eigenvalue weighted by Gasteiger charge is 2.35. The Bertz CT molecular complexity index is 700. The maximum Gasteiger partial charge on any atom is 0.226 e. The molecule has 4 rings (SSSR count). The second-order valence-corrected chi connectivity index (χ2v) is 6.78. The Morgan fingerprint density at radius 1 is 0.960 bits per heavy atom. The highest BCUT2D eigenvalue weighted by atomic mass is 16.2. The van der Waals surface area contributed by atoms with E-state index in [0.717, 1.165) is 51.3 Å². The number of nitrogens with zero attached hydrogens (tertiary/aromatic N) is 5. The maximum atomic E-state index is 13.1. The molecule has 2 aromatic heterocycles. The van der Waals surface area contributed by atoms with Crippen LogP contribution in [0.2, 0.25) is 0 Å². The normalized spacial score (nSPS) is 21.5. The van der Waals surface area contributed by atoms with Crippen molar-refractivity contribution in [3.05, 3.63) is 48.5 Å². The lowest BCUT2D eigenvalue weighted by Crippen LogP contribution is -2.42. The van der Waals surface area contributed by atoms with Crippen LogP contribution in [0, 0.1) is 5.92 Å². The molecular weight excluding hydrogens is 314 g/mol. The highest BCUT2D eigenvalue weighted by Crippen LogP contribution is 2.34. The van der Waals surface area contributed by atoms with Gasteiger partial charge in [-0.2, -0.15) is 0 Å². The molecule has 0 bridgehead atoms. The Kier molecular flexibility index (Phi) is 4.59. The van der Waals surface area contributed by atoms with Gasteiger partial charge < -0.3 is 9.80 Å². The van der Waals surface area contributed by atoms with E-state index < -0.39 is 0 Å². The lowest BCUT2D eigenvalue weighted by Gasteiger charge is -2.35. The summed E-state index contributed by atoms with van der Waals surface area (Å²) in [7, 11) is 0. The van der Waals surface area contributed by atoms with Gasteiger partial charge in [-0.1, -0.05) is 0 Å². The molecule has 0 N–H and O–H groups in total. The molecule has 2 fully saturated rings. The highest BCUT2D eigenvalue weighted by molar-refractivity contribution is 5.80.